The van der Waals surface area contributed by atoms with Gasteiger partial charge in [0.1, 0.15) is 18.0 Å². The second kappa shape index (κ2) is 12.6. The quantitative estimate of drug-likeness (QED) is 0.280. The first kappa shape index (κ1) is 27.9. The summed E-state index contributed by atoms with van der Waals surface area (Å²) in [4.78, 5) is 27.3. The number of rotatable bonds is 9. The number of hydrogen-bond acceptors (Lipinski definition) is 6. The number of carbonyl (C=O) groups excluding carboxylic acids is 2. The lowest BCUT2D eigenvalue weighted by Crippen LogP contribution is -2.51. The van der Waals surface area contributed by atoms with Crippen LogP contribution < -0.4 is 10.1 Å². The maximum atomic E-state index is 13.1. The molecule has 2 aromatic carbocycles. The van der Waals surface area contributed by atoms with Crippen LogP contribution in [-0.2, 0) is 9.59 Å². The van der Waals surface area contributed by atoms with Gasteiger partial charge in [0.25, 0.3) is 11.8 Å². The average molecular weight is 549 g/mol. The van der Waals surface area contributed by atoms with E-state index in [2.05, 4.69) is 22.3 Å². The molecular formula is C29H29ClN4O5. The number of aliphatic hydroxyl groups excluding tert-OH is 2. The fourth-order valence-electron chi connectivity index (χ4n) is 4.26. The summed E-state index contributed by atoms with van der Waals surface area (Å²) >= 11 is 6.09. The second-order valence-corrected chi connectivity index (χ2v) is 9.37. The number of benzene rings is 2. The van der Waals surface area contributed by atoms with Crippen molar-refractivity contribution in [2.75, 3.05) is 13.2 Å². The molecule has 3 aromatic rings. The number of aromatic nitrogens is 2. The standard InChI is InChI=1S/C29H29ClN4O5/c1-3-4-16-39-25-18-20(11-12-24(25)34-15-7-13-31-34)19(2)32-28(37)26(35)27(36)29(38)33-14-6-10-23(33)21-8-5-9-22(30)17-21/h5-13,15,17-19,23,26-27,35-36H,14,16H2,1-2H3,(H,32,37)/t19-,23-,26-,27-/m1/s1. The highest BCUT2D eigenvalue weighted by Gasteiger charge is 2.37. The number of aliphatic hydroxyl groups is 2. The van der Waals surface area contributed by atoms with E-state index in [0.29, 0.717) is 22.0 Å². The molecule has 1 aliphatic rings. The second-order valence-electron chi connectivity index (χ2n) is 8.93. The molecule has 0 saturated heterocycles. The minimum Gasteiger partial charge on any atom is -0.479 e. The predicted octanol–water partition coefficient (Wildman–Crippen LogP) is 2.97. The molecular weight excluding hydrogens is 520 g/mol. The molecule has 9 nitrogen and oxygen atoms in total. The van der Waals surface area contributed by atoms with E-state index < -0.39 is 36.1 Å². The number of nitrogens with one attached hydrogen (secondary N) is 1. The zero-order chi connectivity index (χ0) is 27.9. The van der Waals surface area contributed by atoms with Crippen LogP contribution >= 0.6 is 11.6 Å². The van der Waals surface area contributed by atoms with E-state index in [4.69, 9.17) is 16.3 Å². The van der Waals surface area contributed by atoms with Gasteiger partial charge in [-0.05, 0) is 55.3 Å². The Morgan fingerprint density at radius 3 is 2.74 bits per heavy atom. The lowest BCUT2D eigenvalue weighted by molar-refractivity contribution is -0.153. The van der Waals surface area contributed by atoms with Gasteiger partial charge in [-0.25, -0.2) is 4.68 Å². The van der Waals surface area contributed by atoms with Crippen LogP contribution in [0, 0.1) is 11.8 Å². The fourth-order valence-corrected chi connectivity index (χ4v) is 4.46. The highest BCUT2D eigenvalue weighted by Crippen LogP contribution is 2.30. The lowest BCUT2D eigenvalue weighted by Gasteiger charge is -2.29. The number of halogens is 1. The molecule has 1 aromatic heterocycles. The third-order valence-electron chi connectivity index (χ3n) is 6.32. The highest BCUT2D eigenvalue weighted by atomic mass is 35.5. The lowest BCUT2D eigenvalue weighted by atomic mass is 10.0. The van der Waals surface area contributed by atoms with Crippen molar-refractivity contribution in [1.29, 1.82) is 0 Å². The van der Waals surface area contributed by atoms with E-state index >= 15 is 0 Å². The normalized spacial score (nSPS) is 16.6. The minimum atomic E-state index is -1.97. The van der Waals surface area contributed by atoms with E-state index in [-0.39, 0.29) is 13.2 Å². The molecule has 2 heterocycles. The van der Waals surface area contributed by atoms with Gasteiger partial charge in [-0.3, -0.25) is 9.59 Å². The van der Waals surface area contributed by atoms with Gasteiger partial charge < -0.3 is 25.2 Å². The first-order valence-electron chi connectivity index (χ1n) is 12.4. The van der Waals surface area contributed by atoms with Crippen molar-refractivity contribution in [3.05, 3.63) is 89.2 Å². The Morgan fingerprint density at radius 1 is 1.21 bits per heavy atom. The first-order valence-corrected chi connectivity index (χ1v) is 12.7. The monoisotopic (exact) mass is 548 g/mol. The Morgan fingerprint density at radius 2 is 2.03 bits per heavy atom. The van der Waals surface area contributed by atoms with E-state index in [9.17, 15) is 19.8 Å². The molecule has 0 radical (unpaired) electrons. The Hall–Kier alpha value is -4.10. The molecule has 0 saturated carbocycles. The summed E-state index contributed by atoms with van der Waals surface area (Å²) in [6.07, 6.45) is 3.09. The van der Waals surface area contributed by atoms with Crippen molar-refractivity contribution >= 4 is 23.4 Å². The summed E-state index contributed by atoms with van der Waals surface area (Å²) in [5.41, 5.74) is 2.12. The van der Waals surface area contributed by atoms with Gasteiger partial charge in [-0.1, -0.05) is 47.9 Å². The van der Waals surface area contributed by atoms with Crippen LogP contribution in [0.2, 0.25) is 5.02 Å². The van der Waals surface area contributed by atoms with Gasteiger partial charge in [-0.15, -0.1) is 5.92 Å². The van der Waals surface area contributed by atoms with Crippen LogP contribution in [0.1, 0.15) is 37.1 Å². The zero-order valence-corrected chi connectivity index (χ0v) is 22.2. The van der Waals surface area contributed by atoms with Gasteiger partial charge in [0.15, 0.2) is 12.2 Å². The number of carbonyl (C=O) groups is 2. The van der Waals surface area contributed by atoms with Crippen LogP contribution in [-0.4, -0.2) is 62.1 Å². The largest absolute Gasteiger partial charge is 0.479 e. The molecule has 39 heavy (non-hydrogen) atoms. The SMILES string of the molecule is CC#CCOc1cc([C@@H](C)NC(=O)[C@H](O)[C@@H](O)C(=O)N2CC=C[C@@H]2c2cccc(Cl)c2)ccc1-n1cccn1. The van der Waals surface area contributed by atoms with Gasteiger partial charge in [-0.2, -0.15) is 5.10 Å². The average Bonchev–Trinajstić information content (AvgIpc) is 3.65. The van der Waals surface area contributed by atoms with Crippen molar-refractivity contribution in [1.82, 2.24) is 20.0 Å². The molecule has 0 spiro atoms. The van der Waals surface area contributed by atoms with Crippen LogP contribution in [0.3, 0.4) is 0 Å². The summed E-state index contributed by atoms with van der Waals surface area (Å²) in [6, 6.07) is 13.1. The molecule has 0 aliphatic carbocycles. The van der Waals surface area contributed by atoms with E-state index in [0.717, 1.165) is 5.56 Å². The molecule has 4 rings (SSSR count). The van der Waals surface area contributed by atoms with Gasteiger partial charge in [0, 0.05) is 24.0 Å². The molecule has 3 N–H and O–H groups in total. The summed E-state index contributed by atoms with van der Waals surface area (Å²) in [6.45, 7) is 3.83. The first-order chi connectivity index (χ1) is 18.8. The number of ether oxygens (including phenoxy) is 1. The third kappa shape index (κ3) is 6.49. The molecule has 0 unspecified atom stereocenters. The molecule has 10 heteroatoms. The number of hydrogen-bond donors (Lipinski definition) is 3. The molecule has 2 amide bonds. The summed E-state index contributed by atoms with van der Waals surface area (Å²) < 4.78 is 7.47. The number of amides is 2. The maximum absolute atomic E-state index is 13.1. The van der Waals surface area contributed by atoms with Crippen molar-refractivity contribution in [3.63, 3.8) is 0 Å². The predicted molar refractivity (Wildman–Crippen MR) is 146 cm³/mol. The Bertz CT molecular complexity index is 1410. The van der Waals surface area contributed by atoms with Crippen LogP contribution in [0.15, 0.2) is 73.1 Å². The highest BCUT2D eigenvalue weighted by molar-refractivity contribution is 6.30. The Labute approximate surface area is 231 Å². The van der Waals surface area contributed by atoms with E-state index in [1.54, 1.807) is 79.5 Å². The molecule has 1 aliphatic heterocycles. The smallest absolute Gasteiger partial charge is 0.255 e. The number of nitrogens with zero attached hydrogens (tertiary/aromatic N) is 3. The van der Waals surface area contributed by atoms with Gasteiger partial charge >= 0.3 is 0 Å². The Balaban J connectivity index is 1.44. The fraction of sp³-hybridized carbons (Fsp3) is 0.276. The molecule has 202 valence electrons. The van der Waals surface area contributed by atoms with E-state index in [1.165, 1.54) is 4.90 Å². The summed E-state index contributed by atoms with van der Waals surface area (Å²) in [7, 11) is 0. The van der Waals surface area contributed by atoms with Crippen molar-refractivity contribution in [3.8, 4) is 23.3 Å². The zero-order valence-electron chi connectivity index (χ0n) is 21.5. The van der Waals surface area contributed by atoms with Gasteiger partial charge in [0.2, 0.25) is 0 Å². The maximum Gasteiger partial charge on any atom is 0.255 e. The van der Waals surface area contributed by atoms with E-state index in [1.807, 2.05) is 12.1 Å². The van der Waals surface area contributed by atoms with Crippen molar-refractivity contribution in [2.24, 2.45) is 0 Å². The molecule has 4 atom stereocenters. The Kier molecular flexibility index (Phi) is 9.04. The van der Waals surface area contributed by atoms with Crippen molar-refractivity contribution in [2.45, 2.75) is 38.1 Å². The molecule has 0 bridgehead atoms. The third-order valence-corrected chi connectivity index (χ3v) is 6.56. The van der Waals surface area contributed by atoms with Crippen LogP contribution in [0.25, 0.3) is 5.69 Å². The van der Waals surface area contributed by atoms with Crippen LogP contribution in [0.5, 0.6) is 5.75 Å². The summed E-state index contributed by atoms with van der Waals surface area (Å²) in [5, 5.41) is 28.6. The topological polar surface area (TPSA) is 117 Å². The van der Waals surface area contributed by atoms with Crippen LogP contribution in [0.4, 0.5) is 0 Å². The van der Waals surface area contributed by atoms with Gasteiger partial charge in [0.05, 0.1) is 12.1 Å². The summed E-state index contributed by atoms with van der Waals surface area (Å²) in [5.74, 6) is 4.48. The minimum absolute atomic E-state index is 0.170. The molecule has 0 fully saturated rings. The van der Waals surface area contributed by atoms with Crippen molar-refractivity contribution < 1.29 is 24.5 Å².